The largest absolute Gasteiger partial charge is 0.309 e. The summed E-state index contributed by atoms with van der Waals surface area (Å²) in [4.78, 5) is 14.7. The Balaban J connectivity index is 2.31. The van der Waals surface area contributed by atoms with E-state index in [0.29, 0.717) is 5.69 Å². The SMILES string of the molecule is CSC1=NCCC1n1cc([N+](=O)[O-])c(C)n1. The molecule has 0 bridgehead atoms. The predicted octanol–water partition coefficient (Wildman–Crippen LogP) is 1.81. The van der Waals surface area contributed by atoms with Gasteiger partial charge < -0.3 is 0 Å². The van der Waals surface area contributed by atoms with Gasteiger partial charge in [-0.05, 0) is 19.6 Å². The summed E-state index contributed by atoms with van der Waals surface area (Å²) >= 11 is 1.58. The highest BCUT2D eigenvalue weighted by Gasteiger charge is 2.26. The van der Waals surface area contributed by atoms with E-state index < -0.39 is 4.92 Å². The van der Waals surface area contributed by atoms with Crippen molar-refractivity contribution in [1.82, 2.24) is 9.78 Å². The molecule has 0 saturated carbocycles. The summed E-state index contributed by atoms with van der Waals surface area (Å²) < 4.78 is 1.66. The maximum Gasteiger partial charge on any atom is 0.309 e. The molecule has 2 heterocycles. The summed E-state index contributed by atoms with van der Waals surface area (Å²) in [5, 5.41) is 15.9. The minimum absolute atomic E-state index is 0.0717. The highest BCUT2D eigenvalue weighted by atomic mass is 32.2. The first-order valence-corrected chi connectivity index (χ1v) is 6.14. The van der Waals surface area contributed by atoms with Crippen LogP contribution in [0.3, 0.4) is 0 Å². The van der Waals surface area contributed by atoms with E-state index in [9.17, 15) is 10.1 Å². The highest BCUT2D eigenvalue weighted by molar-refractivity contribution is 8.13. The zero-order valence-corrected chi connectivity index (χ0v) is 9.90. The van der Waals surface area contributed by atoms with E-state index in [1.54, 1.807) is 23.4 Å². The van der Waals surface area contributed by atoms with Gasteiger partial charge in [0.2, 0.25) is 0 Å². The van der Waals surface area contributed by atoms with Crippen molar-refractivity contribution in [1.29, 1.82) is 0 Å². The maximum atomic E-state index is 10.7. The Hall–Kier alpha value is -1.37. The number of rotatable bonds is 2. The molecule has 86 valence electrons. The van der Waals surface area contributed by atoms with Gasteiger partial charge in [0.15, 0.2) is 0 Å². The third-order valence-electron chi connectivity index (χ3n) is 2.57. The zero-order chi connectivity index (χ0) is 11.7. The minimum atomic E-state index is -0.399. The molecular weight excluding hydrogens is 228 g/mol. The molecule has 6 nitrogen and oxygen atoms in total. The van der Waals surface area contributed by atoms with E-state index in [0.717, 1.165) is 18.0 Å². The molecule has 0 saturated heterocycles. The Labute approximate surface area is 96.9 Å². The molecule has 0 N–H and O–H groups in total. The number of nitro groups is 1. The fourth-order valence-electron chi connectivity index (χ4n) is 1.78. The third-order valence-corrected chi connectivity index (χ3v) is 3.39. The summed E-state index contributed by atoms with van der Waals surface area (Å²) in [6.45, 7) is 2.42. The minimum Gasteiger partial charge on any atom is -0.281 e. The molecule has 0 aromatic carbocycles. The van der Waals surface area contributed by atoms with Crippen molar-refractivity contribution in [3.8, 4) is 0 Å². The summed E-state index contributed by atoms with van der Waals surface area (Å²) in [5.41, 5.74) is 0.532. The van der Waals surface area contributed by atoms with Gasteiger partial charge >= 0.3 is 5.69 Å². The van der Waals surface area contributed by atoms with Gasteiger partial charge in [-0.1, -0.05) is 0 Å². The second-order valence-electron chi connectivity index (χ2n) is 3.57. The first-order chi connectivity index (χ1) is 7.63. The normalized spacial score (nSPS) is 19.9. The van der Waals surface area contributed by atoms with Crippen molar-refractivity contribution in [2.24, 2.45) is 4.99 Å². The summed E-state index contributed by atoms with van der Waals surface area (Å²) in [7, 11) is 0. The number of aliphatic imine (C=N–C) groups is 1. The molecule has 1 aliphatic rings. The molecule has 0 aliphatic carbocycles. The van der Waals surface area contributed by atoms with Crippen LogP contribution in [0.5, 0.6) is 0 Å². The van der Waals surface area contributed by atoms with Crippen molar-refractivity contribution in [2.45, 2.75) is 19.4 Å². The molecule has 0 amide bonds. The van der Waals surface area contributed by atoms with Crippen molar-refractivity contribution in [3.63, 3.8) is 0 Å². The second-order valence-corrected chi connectivity index (χ2v) is 4.39. The van der Waals surface area contributed by atoms with Crippen LogP contribution < -0.4 is 0 Å². The molecule has 1 unspecified atom stereocenters. The number of aryl methyl sites for hydroxylation is 1. The predicted molar refractivity (Wildman–Crippen MR) is 63.1 cm³/mol. The lowest BCUT2D eigenvalue weighted by molar-refractivity contribution is -0.385. The van der Waals surface area contributed by atoms with E-state index in [4.69, 9.17) is 0 Å². The van der Waals surface area contributed by atoms with Gasteiger partial charge in [0.1, 0.15) is 17.9 Å². The van der Waals surface area contributed by atoms with Gasteiger partial charge in [-0.2, -0.15) is 5.10 Å². The Bertz CT molecular complexity index is 454. The maximum absolute atomic E-state index is 10.7. The van der Waals surface area contributed by atoms with Gasteiger partial charge in [0, 0.05) is 6.54 Å². The summed E-state index contributed by atoms with van der Waals surface area (Å²) in [6, 6.07) is 0.0717. The van der Waals surface area contributed by atoms with Crippen LogP contribution in [0, 0.1) is 17.0 Å². The van der Waals surface area contributed by atoms with Crippen LogP contribution in [0.1, 0.15) is 18.2 Å². The molecular formula is C9H12N4O2S. The summed E-state index contributed by atoms with van der Waals surface area (Å²) in [5.74, 6) is 0. The first-order valence-electron chi connectivity index (χ1n) is 4.92. The van der Waals surface area contributed by atoms with Gasteiger partial charge in [-0.25, -0.2) is 0 Å². The Morgan fingerprint density at radius 1 is 1.69 bits per heavy atom. The Kier molecular flexibility index (Phi) is 2.95. The molecule has 1 aromatic rings. The van der Waals surface area contributed by atoms with Gasteiger partial charge in [0.25, 0.3) is 0 Å². The van der Waals surface area contributed by atoms with Crippen LogP contribution >= 0.6 is 11.8 Å². The highest BCUT2D eigenvalue weighted by Crippen LogP contribution is 2.27. The van der Waals surface area contributed by atoms with Crippen LogP contribution in [-0.4, -0.2) is 32.5 Å². The Morgan fingerprint density at radius 3 is 3.00 bits per heavy atom. The molecule has 1 atom stereocenters. The molecule has 1 aromatic heterocycles. The van der Waals surface area contributed by atoms with E-state index in [1.165, 1.54) is 6.20 Å². The first kappa shape index (κ1) is 11.1. The second kappa shape index (κ2) is 4.25. The van der Waals surface area contributed by atoms with Gasteiger partial charge in [-0.3, -0.25) is 19.8 Å². The number of aromatic nitrogens is 2. The van der Waals surface area contributed by atoms with Crippen molar-refractivity contribution >= 4 is 22.5 Å². The molecule has 0 fully saturated rings. The third kappa shape index (κ3) is 1.82. The quantitative estimate of drug-likeness (QED) is 0.583. The lowest BCUT2D eigenvalue weighted by Crippen LogP contribution is -2.13. The lowest BCUT2D eigenvalue weighted by Gasteiger charge is -2.10. The molecule has 7 heteroatoms. The smallest absolute Gasteiger partial charge is 0.281 e. The average molecular weight is 240 g/mol. The standard InChI is InChI=1S/C9H12N4O2S/c1-6-8(13(14)15)5-12(11-6)7-3-4-10-9(7)16-2/h5,7H,3-4H2,1-2H3. The number of hydrogen-bond acceptors (Lipinski definition) is 5. The number of nitrogens with zero attached hydrogens (tertiary/aromatic N) is 4. The van der Waals surface area contributed by atoms with Crippen LogP contribution in [-0.2, 0) is 0 Å². The molecule has 2 rings (SSSR count). The van der Waals surface area contributed by atoms with E-state index >= 15 is 0 Å². The van der Waals surface area contributed by atoms with Crippen LogP contribution in [0.25, 0.3) is 0 Å². The van der Waals surface area contributed by atoms with Crippen LogP contribution in [0.15, 0.2) is 11.2 Å². The van der Waals surface area contributed by atoms with Gasteiger partial charge in [0.05, 0.1) is 9.97 Å². The van der Waals surface area contributed by atoms with E-state index in [2.05, 4.69) is 10.1 Å². The zero-order valence-electron chi connectivity index (χ0n) is 9.08. The topological polar surface area (TPSA) is 73.3 Å². The fraction of sp³-hybridized carbons (Fsp3) is 0.556. The summed E-state index contributed by atoms with van der Waals surface area (Å²) in [6.07, 6.45) is 4.33. The molecule has 1 aliphatic heterocycles. The van der Waals surface area contributed by atoms with Crippen molar-refractivity contribution in [2.75, 3.05) is 12.8 Å². The lowest BCUT2D eigenvalue weighted by atomic mass is 10.3. The Morgan fingerprint density at radius 2 is 2.44 bits per heavy atom. The van der Waals surface area contributed by atoms with Crippen molar-refractivity contribution in [3.05, 3.63) is 22.0 Å². The van der Waals surface area contributed by atoms with Gasteiger partial charge in [-0.15, -0.1) is 11.8 Å². The van der Waals surface area contributed by atoms with E-state index in [-0.39, 0.29) is 11.7 Å². The molecule has 0 spiro atoms. The van der Waals surface area contributed by atoms with Crippen molar-refractivity contribution < 1.29 is 4.92 Å². The number of thioether (sulfide) groups is 1. The van der Waals surface area contributed by atoms with Crippen LogP contribution in [0.2, 0.25) is 0 Å². The average Bonchev–Trinajstić information content (AvgIpc) is 2.82. The van der Waals surface area contributed by atoms with E-state index in [1.807, 2.05) is 6.26 Å². The number of hydrogen-bond donors (Lipinski definition) is 0. The van der Waals surface area contributed by atoms with Crippen LogP contribution in [0.4, 0.5) is 5.69 Å². The molecule has 16 heavy (non-hydrogen) atoms. The fourth-order valence-corrected chi connectivity index (χ4v) is 2.50. The monoisotopic (exact) mass is 240 g/mol. The molecule has 0 radical (unpaired) electrons.